The molecule has 0 aliphatic rings. The van der Waals surface area contributed by atoms with Crippen LogP contribution in [-0.4, -0.2) is 35.9 Å². The molecule has 0 saturated carbocycles. The van der Waals surface area contributed by atoms with Crippen molar-refractivity contribution in [2.45, 2.75) is 54.1 Å². The summed E-state index contributed by atoms with van der Waals surface area (Å²) in [6.45, 7) is 12.4. The van der Waals surface area contributed by atoms with Crippen LogP contribution in [0.25, 0.3) is 0 Å². The molecule has 0 aromatic heterocycles. The van der Waals surface area contributed by atoms with Crippen molar-refractivity contribution in [1.82, 2.24) is 10.2 Å². The summed E-state index contributed by atoms with van der Waals surface area (Å²) in [5, 5.41) is 2.80. The Morgan fingerprint density at radius 3 is 2.45 bits per heavy atom. The van der Waals surface area contributed by atoms with Crippen molar-refractivity contribution in [2.75, 3.05) is 13.2 Å². The third kappa shape index (κ3) is 6.08. The van der Waals surface area contributed by atoms with E-state index < -0.39 is 6.04 Å². The number of rotatable bonds is 8. The molecular weight excluding hydrogens is 364 g/mol. The van der Waals surface area contributed by atoms with Gasteiger partial charge in [-0.25, -0.2) is 0 Å². The molecule has 0 heterocycles. The van der Waals surface area contributed by atoms with Gasteiger partial charge < -0.3 is 15.0 Å². The molecule has 29 heavy (non-hydrogen) atoms. The van der Waals surface area contributed by atoms with Crippen LogP contribution in [-0.2, 0) is 16.1 Å². The van der Waals surface area contributed by atoms with Crippen LogP contribution < -0.4 is 10.1 Å². The maximum absolute atomic E-state index is 13.1. The van der Waals surface area contributed by atoms with E-state index in [4.69, 9.17) is 4.74 Å². The summed E-state index contributed by atoms with van der Waals surface area (Å²) in [4.78, 5) is 27.1. The number of aryl methyl sites for hydroxylation is 3. The lowest BCUT2D eigenvalue weighted by Crippen LogP contribution is -2.49. The first-order valence-corrected chi connectivity index (χ1v) is 10.1. The summed E-state index contributed by atoms with van der Waals surface area (Å²) in [6.07, 6.45) is 0. The van der Waals surface area contributed by atoms with Gasteiger partial charge in [0.15, 0.2) is 6.61 Å². The van der Waals surface area contributed by atoms with Crippen molar-refractivity contribution < 1.29 is 14.3 Å². The largest absolute Gasteiger partial charge is 0.483 e. The quantitative estimate of drug-likeness (QED) is 0.737. The number of ether oxygens (including phenoxy) is 1. The van der Waals surface area contributed by atoms with E-state index in [2.05, 4.69) is 11.4 Å². The highest BCUT2D eigenvalue weighted by molar-refractivity contribution is 5.87. The van der Waals surface area contributed by atoms with Crippen LogP contribution >= 0.6 is 0 Å². The lowest BCUT2D eigenvalue weighted by Gasteiger charge is -2.29. The Labute approximate surface area is 174 Å². The van der Waals surface area contributed by atoms with E-state index in [1.807, 2.05) is 65.0 Å². The number of carbonyl (C=O) groups excluding carboxylic acids is 2. The summed E-state index contributed by atoms with van der Waals surface area (Å²) in [5.41, 5.74) is 5.33. The van der Waals surface area contributed by atoms with Crippen LogP contribution in [0.4, 0.5) is 0 Å². The standard InChI is InChI=1S/C24H32N2O3/c1-7-25-24(28)20(6)26(14-21-10-8-9-16(2)12-21)23(27)15-29-22-13-17(3)11-18(4)19(22)5/h8-13,20H,7,14-15H2,1-6H3,(H,25,28)/t20-/m1/s1. The molecule has 0 fully saturated rings. The first-order valence-electron chi connectivity index (χ1n) is 10.1. The van der Waals surface area contributed by atoms with E-state index in [1.165, 1.54) is 0 Å². The molecule has 2 amide bonds. The van der Waals surface area contributed by atoms with Gasteiger partial charge >= 0.3 is 0 Å². The average molecular weight is 397 g/mol. The fourth-order valence-electron chi connectivity index (χ4n) is 3.28. The topological polar surface area (TPSA) is 58.6 Å². The normalized spacial score (nSPS) is 11.7. The van der Waals surface area contributed by atoms with Gasteiger partial charge in [0.2, 0.25) is 5.91 Å². The zero-order chi connectivity index (χ0) is 21.6. The van der Waals surface area contributed by atoms with Gasteiger partial charge in [0.1, 0.15) is 11.8 Å². The molecule has 0 radical (unpaired) electrons. The Morgan fingerprint density at radius 1 is 1.07 bits per heavy atom. The Balaban J connectivity index is 2.20. The lowest BCUT2D eigenvalue weighted by molar-refractivity contribution is -0.142. The van der Waals surface area contributed by atoms with Crippen LogP contribution in [0.5, 0.6) is 5.75 Å². The third-order valence-electron chi connectivity index (χ3n) is 5.07. The van der Waals surface area contributed by atoms with Crippen molar-refractivity contribution in [3.05, 3.63) is 64.2 Å². The molecule has 0 saturated heterocycles. The van der Waals surface area contributed by atoms with Gasteiger partial charge in [0.25, 0.3) is 5.91 Å². The van der Waals surface area contributed by atoms with Gasteiger partial charge in [0.05, 0.1) is 0 Å². The van der Waals surface area contributed by atoms with E-state index in [-0.39, 0.29) is 18.4 Å². The van der Waals surface area contributed by atoms with E-state index in [0.29, 0.717) is 18.8 Å². The second-order valence-corrected chi connectivity index (χ2v) is 7.57. The van der Waals surface area contributed by atoms with Crippen LogP contribution in [0.3, 0.4) is 0 Å². The number of nitrogens with zero attached hydrogens (tertiary/aromatic N) is 1. The van der Waals surface area contributed by atoms with Gasteiger partial charge in [-0.15, -0.1) is 0 Å². The Hall–Kier alpha value is -2.82. The Bertz CT molecular complexity index is 876. The van der Waals surface area contributed by atoms with Crippen LogP contribution in [0.1, 0.15) is 41.7 Å². The van der Waals surface area contributed by atoms with Gasteiger partial charge in [-0.1, -0.05) is 35.9 Å². The summed E-state index contributed by atoms with van der Waals surface area (Å²) in [7, 11) is 0. The summed E-state index contributed by atoms with van der Waals surface area (Å²) in [6, 6.07) is 11.4. The number of hydrogen-bond acceptors (Lipinski definition) is 3. The predicted octanol–water partition coefficient (Wildman–Crippen LogP) is 3.85. The van der Waals surface area contributed by atoms with Crippen LogP contribution in [0.2, 0.25) is 0 Å². The predicted molar refractivity (Wildman–Crippen MR) is 116 cm³/mol. The second kappa shape index (κ2) is 10.1. The fraction of sp³-hybridized carbons (Fsp3) is 0.417. The van der Waals surface area contributed by atoms with Crippen molar-refractivity contribution >= 4 is 11.8 Å². The molecule has 1 atom stereocenters. The van der Waals surface area contributed by atoms with E-state index in [0.717, 1.165) is 27.8 Å². The molecule has 2 rings (SSSR count). The van der Waals surface area contributed by atoms with E-state index in [9.17, 15) is 9.59 Å². The smallest absolute Gasteiger partial charge is 0.261 e. The maximum atomic E-state index is 13.1. The average Bonchev–Trinajstić information content (AvgIpc) is 2.67. The first kappa shape index (κ1) is 22.5. The molecule has 1 N–H and O–H groups in total. The number of nitrogens with one attached hydrogen (secondary N) is 1. The lowest BCUT2D eigenvalue weighted by atomic mass is 10.1. The van der Waals surface area contributed by atoms with Crippen molar-refractivity contribution in [3.8, 4) is 5.75 Å². The van der Waals surface area contributed by atoms with Gasteiger partial charge in [-0.05, 0) is 69.9 Å². The van der Waals surface area contributed by atoms with Crippen molar-refractivity contribution in [3.63, 3.8) is 0 Å². The third-order valence-corrected chi connectivity index (χ3v) is 5.07. The number of benzene rings is 2. The zero-order valence-electron chi connectivity index (χ0n) is 18.3. The molecule has 0 aliphatic heterocycles. The molecule has 0 spiro atoms. The summed E-state index contributed by atoms with van der Waals surface area (Å²) >= 11 is 0. The Morgan fingerprint density at radius 2 is 1.79 bits per heavy atom. The zero-order valence-corrected chi connectivity index (χ0v) is 18.3. The van der Waals surface area contributed by atoms with Crippen LogP contribution in [0, 0.1) is 27.7 Å². The molecule has 0 unspecified atom stereocenters. The molecule has 2 aromatic rings. The molecular formula is C24H32N2O3. The fourth-order valence-corrected chi connectivity index (χ4v) is 3.28. The van der Waals surface area contributed by atoms with Crippen molar-refractivity contribution in [2.24, 2.45) is 0 Å². The second-order valence-electron chi connectivity index (χ2n) is 7.57. The molecule has 156 valence electrons. The highest BCUT2D eigenvalue weighted by Gasteiger charge is 2.26. The summed E-state index contributed by atoms with van der Waals surface area (Å²) in [5.74, 6) is 0.317. The Kier molecular flexibility index (Phi) is 7.82. The minimum absolute atomic E-state index is 0.112. The molecule has 2 aromatic carbocycles. The molecule has 5 heteroatoms. The number of likely N-dealkylation sites (N-methyl/N-ethyl adjacent to an activating group) is 1. The van der Waals surface area contributed by atoms with Gasteiger partial charge in [0, 0.05) is 13.1 Å². The maximum Gasteiger partial charge on any atom is 0.261 e. The number of carbonyl (C=O) groups is 2. The van der Waals surface area contributed by atoms with Crippen LogP contribution in [0.15, 0.2) is 36.4 Å². The number of hydrogen-bond donors (Lipinski definition) is 1. The highest BCUT2D eigenvalue weighted by atomic mass is 16.5. The minimum Gasteiger partial charge on any atom is -0.483 e. The SMILES string of the molecule is CCNC(=O)[C@@H](C)N(Cc1cccc(C)c1)C(=O)COc1cc(C)cc(C)c1C. The number of amides is 2. The molecule has 0 aliphatic carbocycles. The van der Waals surface area contributed by atoms with Crippen molar-refractivity contribution in [1.29, 1.82) is 0 Å². The molecule has 0 bridgehead atoms. The van der Waals surface area contributed by atoms with E-state index >= 15 is 0 Å². The highest BCUT2D eigenvalue weighted by Crippen LogP contribution is 2.23. The van der Waals surface area contributed by atoms with Gasteiger partial charge in [-0.2, -0.15) is 0 Å². The van der Waals surface area contributed by atoms with Gasteiger partial charge in [-0.3, -0.25) is 9.59 Å². The molecule has 5 nitrogen and oxygen atoms in total. The monoisotopic (exact) mass is 396 g/mol. The van der Waals surface area contributed by atoms with E-state index in [1.54, 1.807) is 11.8 Å². The first-order chi connectivity index (χ1) is 13.7. The minimum atomic E-state index is -0.591. The summed E-state index contributed by atoms with van der Waals surface area (Å²) < 4.78 is 5.87.